The molecular weight excluding hydrogens is 478 g/mol. The summed E-state index contributed by atoms with van der Waals surface area (Å²) in [4.78, 5) is 6.73. The summed E-state index contributed by atoms with van der Waals surface area (Å²) < 4.78 is 2.06. The Morgan fingerprint density at radius 1 is 1.03 bits per heavy atom. The van der Waals surface area contributed by atoms with Gasteiger partial charge < -0.3 is 20.5 Å². The molecule has 2 atom stereocenters. The van der Waals surface area contributed by atoms with Gasteiger partial charge in [0, 0.05) is 30.2 Å². The fourth-order valence-corrected chi connectivity index (χ4v) is 3.78. The molecule has 0 saturated carbocycles. The molecule has 0 aliphatic carbocycles. The third-order valence-electron chi connectivity index (χ3n) is 7.29. The van der Waals surface area contributed by atoms with Crippen LogP contribution in [0.15, 0.2) is 110 Å². The number of anilines is 1. The van der Waals surface area contributed by atoms with Crippen molar-refractivity contribution in [1.29, 1.82) is 0 Å². The molecule has 0 radical (unpaired) electrons. The number of nitrogens with one attached hydrogen (secondary N) is 1. The van der Waals surface area contributed by atoms with Crippen molar-refractivity contribution < 1.29 is 0 Å². The summed E-state index contributed by atoms with van der Waals surface area (Å²) in [6.45, 7) is 23.2. The molecule has 3 N–H and O–H groups in total. The van der Waals surface area contributed by atoms with E-state index in [2.05, 4.69) is 115 Å². The van der Waals surface area contributed by atoms with Gasteiger partial charge in [-0.25, -0.2) is 4.98 Å². The average Bonchev–Trinajstić information content (AvgIpc) is 3.35. The van der Waals surface area contributed by atoms with Crippen LogP contribution < -0.4 is 11.1 Å². The number of aromatic nitrogens is 2. The number of hydrogen-bond donors (Lipinski definition) is 2. The summed E-state index contributed by atoms with van der Waals surface area (Å²) in [5.74, 6) is 1.22. The van der Waals surface area contributed by atoms with Gasteiger partial charge in [-0.1, -0.05) is 92.9 Å². The number of rotatable bonds is 13. The van der Waals surface area contributed by atoms with Crippen LogP contribution in [0.2, 0.25) is 0 Å². The second-order valence-electron chi connectivity index (χ2n) is 11.1. The normalized spacial score (nSPS) is 12.5. The van der Waals surface area contributed by atoms with E-state index in [0.29, 0.717) is 12.5 Å². The Bertz CT molecular complexity index is 1170. The third-order valence-corrected chi connectivity index (χ3v) is 7.29. The number of nitrogens with zero attached hydrogens (tertiary/aromatic N) is 3. The Morgan fingerprint density at radius 3 is 2.15 bits per heavy atom. The molecule has 1 unspecified atom stereocenters. The highest BCUT2D eigenvalue weighted by Gasteiger charge is 2.14. The number of aryl methyl sites for hydroxylation is 1. The predicted molar refractivity (Wildman–Crippen MR) is 168 cm³/mol. The predicted octanol–water partition coefficient (Wildman–Crippen LogP) is 7.97. The van der Waals surface area contributed by atoms with E-state index in [1.807, 2.05) is 39.4 Å². The van der Waals surface area contributed by atoms with Crippen LogP contribution in [-0.4, -0.2) is 27.0 Å². The molecule has 210 valence electrons. The van der Waals surface area contributed by atoms with Gasteiger partial charge in [-0.05, 0) is 64.0 Å². The fourth-order valence-electron chi connectivity index (χ4n) is 3.78. The van der Waals surface area contributed by atoms with Crippen molar-refractivity contribution >= 4 is 5.82 Å². The molecule has 5 nitrogen and oxygen atoms in total. The minimum atomic E-state index is -0.194. The zero-order valence-electron chi connectivity index (χ0n) is 25.0. The Kier molecular flexibility index (Phi) is 12.3. The molecule has 0 aliphatic heterocycles. The zero-order valence-corrected chi connectivity index (χ0v) is 25.0. The summed E-state index contributed by atoms with van der Waals surface area (Å²) in [6, 6.07) is 21.4. The molecule has 1 aromatic heterocycles. The minimum Gasteiger partial charge on any atom is -0.370 e. The van der Waals surface area contributed by atoms with E-state index in [4.69, 9.17) is 5.73 Å². The van der Waals surface area contributed by atoms with Gasteiger partial charge in [0.25, 0.3) is 0 Å². The highest BCUT2D eigenvalue weighted by Crippen LogP contribution is 2.23. The van der Waals surface area contributed by atoms with Crippen LogP contribution in [0.3, 0.4) is 0 Å². The van der Waals surface area contributed by atoms with Crippen molar-refractivity contribution in [3.8, 4) is 0 Å². The zero-order chi connectivity index (χ0) is 29.0. The molecule has 0 aliphatic rings. The van der Waals surface area contributed by atoms with E-state index in [1.165, 1.54) is 11.1 Å². The van der Waals surface area contributed by atoms with Crippen molar-refractivity contribution in [2.45, 2.75) is 72.0 Å². The van der Waals surface area contributed by atoms with Crippen LogP contribution in [-0.2, 0) is 13.0 Å². The molecule has 3 aromatic rings. The Hall–Kier alpha value is -3.57. The number of imidazole rings is 1. The summed E-state index contributed by atoms with van der Waals surface area (Å²) in [6.07, 6.45) is 7.21. The summed E-state index contributed by atoms with van der Waals surface area (Å²) in [5.41, 5.74) is 11.1. The van der Waals surface area contributed by atoms with Gasteiger partial charge in [0.2, 0.25) is 0 Å². The van der Waals surface area contributed by atoms with E-state index in [0.717, 1.165) is 42.0 Å². The smallest absolute Gasteiger partial charge is 0.148 e. The molecule has 0 saturated heterocycles. The number of nitrogens with two attached hydrogens (primary N) is 1. The van der Waals surface area contributed by atoms with Gasteiger partial charge in [-0.2, -0.15) is 0 Å². The van der Waals surface area contributed by atoms with Crippen molar-refractivity contribution in [3.63, 3.8) is 0 Å². The number of benzene rings is 2. The van der Waals surface area contributed by atoms with E-state index in [1.54, 1.807) is 0 Å². The molecule has 5 heteroatoms. The maximum atomic E-state index is 5.58. The number of hydrogen-bond acceptors (Lipinski definition) is 4. The summed E-state index contributed by atoms with van der Waals surface area (Å²) in [7, 11) is 2.09. The van der Waals surface area contributed by atoms with Gasteiger partial charge in [0.15, 0.2) is 0 Å². The van der Waals surface area contributed by atoms with Crippen LogP contribution in [0.1, 0.15) is 64.6 Å². The lowest BCUT2D eigenvalue weighted by Gasteiger charge is -2.29. The third kappa shape index (κ3) is 11.0. The highest BCUT2D eigenvalue weighted by molar-refractivity contribution is 5.39. The van der Waals surface area contributed by atoms with Gasteiger partial charge in [0.1, 0.15) is 5.82 Å². The van der Waals surface area contributed by atoms with Crippen LogP contribution in [0.4, 0.5) is 5.82 Å². The highest BCUT2D eigenvalue weighted by atomic mass is 15.2. The van der Waals surface area contributed by atoms with Gasteiger partial charge in [-0.15, -0.1) is 0 Å². The molecule has 0 amide bonds. The second kappa shape index (κ2) is 15.1. The van der Waals surface area contributed by atoms with Crippen LogP contribution in [0.25, 0.3) is 0 Å². The lowest BCUT2D eigenvalue weighted by molar-refractivity contribution is 0.314. The first-order chi connectivity index (χ1) is 18.4. The molecule has 0 spiro atoms. The quantitative estimate of drug-likeness (QED) is 0.221. The van der Waals surface area contributed by atoms with Crippen LogP contribution in [0, 0.1) is 5.92 Å². The molecule has 0 bridgehead atoms. The SMILES string of the molecule is C=C(C)C(C)(C)N.C=C(Nc1cn(CC(=C)N(C)[C@@H](C)c2ccccc2)cn1)C(C)CCCc1ccccc1. The average molecular weight is 528 g/mol. The first-order valence-corrected chi connectivity index (χ1v) is 13.8. The second-order valence-corrected chi connectivity index (χ2v) is 11.1. The lowest BCUT2D eigenvalue weighted by atomic mass is 9.99. The first-order valence-electron chi connectivity index (χ1n) is 13.8. The molecule has 39 heavy (non-hydrogen) atoms. The van der Waals surface area contributed by atoms with E-state index in [9.17, 15) is 0 Å². The van der Waals surface area contributed by atoms with E-state index < -0.39 is 0 Å². The van der Waals surface area contributed by atoms with Crippen LogP contribution >= 0.6 is 0 Å². The van der Waals surface area contributed by atoms with E-state index >= 15 is 0 Å². The minimum absolute atomic E-state index is 0.194. The van der Waals surface area contributed by atoms with Gasteiger partial charge in [-0.3, -0.25) is 0 Å². The largest absolute Gasteiger partial charge is 0.370 e. The van der Waals surface area contributed by atoms with Crippen molar-refractivity contribution in [1.82, 2.24) is 14.5 Å². The molecular formula is C34H49N5. The van der Waals surface area contributed by atoms with Gasteiger partial charge in [0.05, 0.1) is 18.9 Å². The van der Waals surface area contributed by atoms with Gasteiger partial charge >= 0.3 is 0 Å². The summed E-state index contributed by atoms with van der Waals surface area (Å²) >= 11 is 0. The van der Waals surface area contributed by atoms with Crippen molar-refractivity contribution in [2.75, 3.05) is 12.4 Å². The maximum Gasteiger partial charge on any atom is 0.148 e. The summed E-state index contributed by atoms with van der Waals surface area (Å²) in [5, 5.41) is 3.39. The van der Waals surface area contributed by atoms with Crippen molar-refractivity contribution in [2.24, 2.45) is 11.7 Å². The first kappa shape index (κ1) is 31.6. The van der Waals surface area contributed by atoms with Crippen LogP contribution in [0.5, 0.6) is 0 Å². The van der Waals surface area contributed by atoms with E-state index in [-0.39, 0.29) is 11.6 Å². The Labute approximate surface area is 237 Å². The molecule has 2 aromatic carbocycles. The topological polar surface area (TPSA) is 59.1 Å². The Morgan fingerprint density at radius 2 is 1.59 bits per heavy atom. The Balaban J connectivity index is 0.000000673. The molecule has 0 fully saturated rings. The lowest BCUT2D eigenvalue weighted by Crippen LogP contribution is -2.32. The maximum absolute atomic E-state index is 5.58. The molecule has 3 rings (SSSR count). The fraction of sp³-hybridized carbons (Fsp3) is 0.382. The monoisotopic (exact) mass is 527 g/mol. The molecule has 1 heterocycles. The van der Waals surface area contributed by atoms with Crippen molar-refractivity contribution in [3.05, 3.63) is 121 Å². The number of likely N-dealkylation sites (N-methyl/N-ethyl adjacent to an activating group) is 1. The standard InChI is InChI=1S/C28H36N4.C6H13N/c1-22(13-12-16-26-14-8-6-9-15-26)24(3)30-28-20-32(21-29-28)19-23(2)31(5)25(4)27-17-10-7-11-18-27;1-5(2)6(3,4)7/h6-11,14-15,17-18,20-22,25,30H,2-3,12-13,16,19H2,1,4-5H3;1,7H2,2-4H3/t22?,25-;/m0./s1. The number of allylic oxidation sites excluding steroid dienone is 2.